The number of allylic oxidation sites excluding steroid dienone is 2. The van der Waals surface area contributed by atoms with Crippen LogP contribution < -0.4 is 0 Å². The van der Waals surface area contributed by atoms with E-state index in [-0.39, 0.29) is 12.3 Å². The summed E-state index contributed by atoms with van der Waals surface area (Å²) in [6, 6.07) is 0. The quantitative estimate of drug-likeness (QED) is 0.776. The fourth-order valence-electron chi connectivity index (χ4n) is 2.06. The first-order valence-electron chi connectivity index (χ1n) is 5.29. The van der Waals surface area contributed by atoms with Gasteiger partial charge >= 0.3 is 0 Å². The lowest BCUT2D eigenvalue weighted by molar-refractivity contribution is 0.800. The van der Waals surface area contributed by atoms with Crippen LogP contribution in [0.15, 0.2) is 12.4 Å². The number of hydrogen-bond donors (Lipinski definition) is 0. The third kappa shape index (κ3) is 1.95. The molecule has 82 valence electrons. The van der Waals surface area contributed by atoms with Gasteiger partial charge in [-0.25, -0.2) is 8.96 Å². The molecule has 0 saturated carbocycles. The Balaban J connectivity index is 2.42. The lowest BCUT2D eigenvalue weighted by Crippen LogP contribution is -1.98. The zero-order valence-electron chi connectivity index (χ0n) is 9.03. The van der Waals surface area contributed by atoms with E-state index < -0.39 is 0 Å². The second-order valence-electron chi connectivity index (χ2n) is 4.15. The van der Waals surface area contributed by atoms with Crippen LogP contribution >= 0.6 is 12.3 Å². The standard InChI is InChI=1S/C11H15FN2S/c1-8(2)11-10(9-5-3-4-6-9)13-7-14(11)15-12/h5,7-8H,3-4,6H2,1-2H3. The van der Waals surface area contributed by atoms with Crippen molar-refractivity contribution in [2.75, 3.05) is 0 Å². The Morgan fingerprint density at radius 2 is 2.33 bits per heavy atom. The van der Waals surface area contributed by atoms with E-state index in [2.05, 4.69) is 24.9 Å². The van der Waals surface area contributed by atoms with Gasteiger partial charge < -0.3 is 0 Å². The van der Waals surface area contributed by atoms with Gasteiger partial charge in [-0.2, -0.15) is 0 Å². The Morgan fingerprint density at radius 3 is 2.87 bits per heavy atom. The summed E-state index contributed by atoms with van der Waals surface area (Å²) < 4.78 is 14.2. The number of aromatic nitrogens is 2. The van der Waals surface area contributed by atoms with Gasteiger partial charge in [-0.15, -0.1) is 3.89 Å². The van der Waals surface area contributed by atoms with Crippen LogP contribution in [0.1, 0.15) is 50.4 Å². The second-order valence-corrected chi connectivity index (χ2v) is 4.68. The molecular formula is C11H15FN2S. The van der Waals surface area contributed by atoms with E-state index >= 15 is 0 Å². The van der Waals surface area contributed by atoms with Crippen LogP contribution in [0.5, 0.6) is 0 Å². The molecule has 0 saturated heterocycles. The zero-order valence-corrected chi connectivity index (χ0v) is 9.85. The summed E-state index contributed by atoms with van der Waals surface area (Å²) in [6.07, 6.45) is 7.20. The van der Waals surface area contributed by atoms with E-state index in [1.807, 2.05) is 0 Å². The second kappa shape index (κ2) is 4.39. The van der Waals surface area contributed by atoms with Gasteiger partial charge in [0.05, 0.1) is 11.4 Å². The molecule has 1 heterocycles. The predicted molar refractivity (Wildman–Crippen MR) is 62.2 cm³/mol. The van der Waals surface area contributed by atoms with Crippen molar-refractivity contribution in [3.05, 3.63) is 23.8 Å². The third-order valence-corrected chi connectivity index (χ3v) is 3.18. The van der Waals surface area contributed by atoms with Crippen molar-refractivity contribution in [2.45, 2.75) is 39.0 Å². The van der Waals surface area contributed by atoms with E-state index in [1.165, 1.54) is 16.0 Å². The topological polar surface area (TPSA) is 17.8 Å². The van der Waals surface area contributed by atoms with E-state index in [1.54, 1.807) is 6.33 Å². The molecule has 2 nitrogen and oxygen atoms in total. The zero-order chi connectivity index (χ0) is 10.8. The summed E-state index contributed by atoms with van der Waals surface area (Å²) in [5.74, 6) is 0.298. The molecule has 0 atom stereocenters. The highest BCUT2D eigenvalue weighted by molar-refractivity contribution is 7.92. The van der Waals surface area contributed by atoms with Gasteiger partial charge in [0.2, 0.25) is 0 Å². The van der Waals surface area contributed by atoms with Crippen molar-refractivity contribution in [3.63, 3.8) is 0 Å². The normalized spacial score (nSPS) is 16.1. The fraction of sp³-hybridized carbons (Fsp3) is 0.545. The first kappa shape index (κ1) is 10.7. The number of hydrogen-bond acceptors (Lipinski definition) is 2. The van der Waals surface area contributed by atoms with Gasteiger partial charge in [0.1, 0.15) is 6.33 Å². The molecule has 0 fully saturated rings. The van der Waals surface area contributed by atoms with Crippen LogP contribution in [0.2, 0.25) is 0 Å². The molecule has 0 spiro atoms. The molecule has 1 aliphatic carbocycles. The maximum Gasteiger partial charge on any atom is 0.170 e. The average molecular weight is 226 g/mol. The molecule has 0 radical (unpaired) electrons. The van der Waals surface area contributed by atoms with E-state index in [9.17, 15) is 3.89 Å². The van der Waals surface area contributed by atoms with Crippen molar-refractivity contribution in [1.29, 1.82) is 0 Å². The molecule has 4 heteroatoms. The molecule has 0 aliphatic heterocycles. The smallest absolute Gasteiger partial charge is 0.170 e. The number of halogens is 1. The first-order valence-corrected chi connectivity index (χ1v) is 5.97. The largest absolute Gasteiger partial charge is 0.249 e. The molecule has 1 aromatic heterocycles. The van der Waals surface area contributed by atoms with Gasteiger partial charge in [0, 0.05) is 0 Å². The Hall–Kier alpha value is -0.770. The molecule has 0 amide bonds. The lowest BCUT2D eigenvalue weighted by atomic mass is 10.0. The minimum atomic E-state index is 0.230. The predicted octanol–water partition coefficient (Wildman–Crippen LogP) is 3.95. The minimum Gasteiger partial charge on any atom is -0.249 e. The molecule has 0 N–H and O–H groups in total. The van der Waals surface area contributed by atoms with Crippen molar-refractivity contribution < 1.29 is 3.89 Å². The van der Waals surface area contributed by atoms with Crippen LogP contribution in [-0.4, -0.2) is 8.96 Å². The Morgan fingerprint density at radius 1 is 1.53 bits per heavy atom. The number of imidazole rings is 1. The Kier molecular flexibility index (Phi) is 3.14. The lowest BCUT2D eigenvalue weighted by Gasteiger charge is -2.09. The number of rotatable bonds is 3. The van der Waals surface area contributed by atoms with Crippen LogP contribution in [0, 0.1) is 0 Å². The SMILES string of the molecule is CC(C)c1c(C2=CCCC2)ncn1SF. The molecule has 0 bridgehead atoms. The molecule has 1 aromatic rings. The summed E-state index contributed by atoms with van der Waals surface area (Å²) in [7, 11) is 0. The monoisotopic (exact) mass is 226 g/mol. The van der Waals surface area contributed by atoms with Crippen molar-refractivity contribution in [2.24, 2.45) is 0 Å². The fourth-order valence-corrected chi connectivity index (χ4v) is 2.51. The van der Waals surface area contributed by atoms with E-state index in [4.69, 9.17) is 0 Å². The Bertz CT molecular complexity index is 382. The van der Waals surface area contributed by atoms with Crippen molar-refractivity contribution in [1.82, 2.24) is 8.96 Å². The summed E-state index contributed by atoms with van der Waals surface area (Å²) in [5.41, 5.74) is 3.27. The molecule has 2 rings (SSSR count). The maximum atomic E-state index is 12.7. The summed E-state index contributed by atoms with van der Waals surface area (Å²) in [5, 5.41) is 0. The van der Waals surface area contributed by atoms with Crippen LogP contribution in [0.25, 0.3) is 5.57 Å². The highest BCUT2D eigenvalue weighted by atomic mass is 32.2. The van der Waals surface area contributed by atoms with E-state index in [0.717, 1.165) is 24.2 Å². The first-order chi connectivity index (χ1) is 7.24. The molecule has 0 aromatic carbocycles. The minimum absolute atomic E-state index is 0.230. The molecule has 1 aliphatic rings. The van der Waals surface area contributed by atoms with E-state index in [0.29, 0.717) is 5.92 Å². The van der Waals surface area contributed by atoms with Crippen LogP contribution in [0.3, 0.4) is 0 Å². The van der Waals surface area contributed by atoms with Gasteiger partial charge in [-0.1, -0.05) is 19.9 Å². The van der Waals surface area contributed by atoms with Gasteiger partial charge in [0.25, 0.3) is 0 Å². The molecular weight excluding hydrogens is 211 g/mol. The maximum absolute atomic E-state index is 12.7. The van der Waals surface area contributed by atoms with Gasteiger partial charge in [-0.05, 0) is 30.8 Å². The third-order valence-electron chi connectivity index (χ3n) is 2.74. The van der Waals surface area contributed by atoms with Gasteiger partial charge in [0.15, 0.2) is 12.3 Å². The average Bonchev–Trinajstić information content (AvgIpc) is 2.85. The van der Waals surface area contributed by atoms with Crippen LogP contribution in [0.4, 0.5) is 3.89 Å². The summed E-state index contributed by atoms with van der Waals surface area (Å²) >= 11 is 0.230. The van der Waals surface area contributed by atoms with Gasteiger partial charge in [-0.3, -0.25) is 0 Å². The Labute approximate surface area is 94.0 Å². The molecule has 0 unspecified atom stereocenters. The molecule has 15 heavy (non-hydrogen) atoms. The van der Waals surface area contributed by atoms with Crippen molar-refractivity contribution in [3.8, 4) is 0 Å². The highest BCUT2D eigenvalue weighted by Crippen LogP contribution is 2.33. The highest BCUT2D eigenvalue weighted by Gasteiger charge is 2.19. The van der Waals surface area contributed by atoms with Crippen LogP contribution in [-0.2, 0) is 0 Å². The van der Waals surface area contributed by atoms with Crippen molar-refractivity contribution >= 4 is 17.9 Å². The summed E-state index contributed by atoms with van der Waals surface area (Å²) in [6.45, 7) is 4.14. The number of nitrogens with zero attached hydrogens (tertiary/aromatic N) is 2. The summed E-state index contributed by atoms with van der Waals surface area (Å²) in [4.78, 5) is 4.32.